The van der Waals surface area contributed by atoms with Crippen molar-refractivity contribution in [3.05, 3.63) is 0 Å². The van der Waals surface area contributed by atoms with E-state index in [1.165, 1.54) is 0 Å². The Morgan fingerprint density at radius 2 is 1.88 bits per heavy atom. The lowest BCUT2D eigenvalue weighted by molar-refractivity contribution is -0.243. The Balaban J connectivity index is 1.47. The van der Waals surface area contributed by atoms with Gasteiger partial charge in [0.15, 0.2) is 6.29 Å². The topological polar surface area (TPSA) is 190 Å². The van der Waals surface area contributed by atoms with E-state index in [1.807, 2.05) is 6.92 Å². The molecule has 198 valence electrons. The van der Waals surface area contributed by atoms with Crippen LogP contribution in [-0.2, 0) is 14.3 Å². The van der Waals surface area contributed by atoms with Gasteiger partial charge in [0.05, 0.1) is 30.4 Å². The smallest absolute Gasteiger partial charge is 0.249 e. The molecule has 0 radical (unpaired) electrons. The Bertz CT molecular complexity index is 639. The summed E-state index contributed by atoms with van der Waals surface area (Å²) in [6.45, 7) is 4.04. The summed E-state index contributed by atoms with van der Waals surface area (Å²) in [5.74, 6) is -0.205. The fraction of sp³-hybridized carbons (Fsp3) is 0.957. The van der Waals surface area contributed by atoms with Gasteiger partial charge < -0.3 is 52.8 Å². The van der Waals surface area contributed by atoms with E-state index in [0.717, 1.165) is 38.8 Å². The Labute approximate surface area is 202 Å². The first-order valence-electron chi connectivity index (χ1n) is 12.8. The second kappa shape index (κ2) is 12.9. The predicted octanol–water partition coefficient (Wildman–Crippen LogP) is -2.29. The monoisotopic (exact) mass is 486 g/mol. The quantitative estimate of drug-likeness (QED) is 0.158. The Hall–Kier alpha value is -0.890. The molecule has 0 aromatic heterocycles. The van der Waals surface area contributed by atoms with E-state index in [4.69, 9.17) is 26.7 Å². The zero-order valence-electron chi connectivity index (χ0n) is 20.6. The van der Waals surface area contributed by atoms with Gasteiger partial charge in [0.2, 0.25) is 5.91 Å². The third-order valence-corrected chi connectivity index (χ3v) is 7.58. The minimum Gasteiger partial charge on any atom is -0.391 e. The first kappa shape index (κ1) is 27.7. The third-order valence-electron chi connectivity index (χ3n) is 7.58. The van der Waals surface area contributed by atoms with Crippen LogP contribution in [0.25, 0.3) is 0 Å². The van der Waals surface area contributed by atoms with Crippen LogP contribution in [0.2, 0.25) is 0 Å². The fourth-order valence-electron chi connectivity index (χ4n) is 5.29. The average Bonchev–Trinajstić information content (AvgIpc) is 2.78. The molecule has 3 fully saturated rings. The first-order chi connectivity index (χ1) is 16.2. The third kappa shape index (κ3) is 7.31. The largest absolute Gasteiger partial charge is 0.391 e. The summed E-state index contributed by atoms with van der Waals surface area (Å²) >= 11 is 0. The molecule has 2 aliphatic carbocycles. The van der Waals surface area contributed by atoms with Crippen molar-refractivity contribution in [3.63, 3.8) is 0 Å². The van der Waals surface area contributed by atoms with Gasteiger partial charge in [0, 0.05) is 24.5 Å². The van der Waals surface area contributed by atoms with E-state index in [1.54, 1.807) is 7.05 Å². The molecule has 34 heavy (non-hydrogen) atoms. The predicted molar refractivity (Wildman–Crippen MR) is 129 cm³/mol. The number of carbonyl (C=O) groups excluding carboxylic acids is 1. The molecule has 0 aromatic carbocycles. The normalized spacial score (nSPS) is 41.5. The summed E-state index contributed by atoms with van der Waals surface area (Å²) in [4.78, 5) is 12.3. The highest BCUT2D eigenvalue weighted by Gasteiger charge is 2.44. The number of aliphatic hydroxyl groups excluding tert-OH is 2. The van der Waals surface area contributed by atoms with Gasteiger partial charge in [-0.25, -0.2) is 0 Å². The van der Waals surface area contributed by atoms with Gasteiger partial charge in [0.1, 0.15) is 6.10 Å². The summed E-state index contributed by atoms with van der Waals surface area (Å²) in [6, 6.07) is -0.895. The van der Waals surface area contributed by atoms with Crippen molar-refractivity contribution in [3.8, 4) is 0 Å². The highest BCUT2D eigenvalue weighted by molar-refractivity contribution is 5.80. The van der Waals surface area contributed by atoms with Crippen LogP contribution in [0.1, 0.15) is 45.4 Å². The zero-order chi connectivity index (χ0) is 24.8. The molecular weight excluding hydrogens is 440 g/mol. The number of carbonyl (C=O) groups is 1. The highest BCUT2D eigenvalue weighted by Crippen LogP contribution is 2.31. The molecule has 2 saturated carbocycles. The van der Waals surface area contributed by atoms with E-state index in [0.29, 0.717) is 31.3 Å². The summed E-state index contributed by atoms with van der Waals surface area (Å²) in [6.07, 6.45) is 1.36. The highest BCUT2D eigenvalue weighted by atomic mass is 16.7. The van der Waals surface area contributed by atoms with Gasteiger partial charge in [-0.2, -0.15) is 0 Å². The second-order valence-electron chi connectivity index (χ2n) is 10.5. The summed E-state index contributed by atoms with van der Waals surface area (Å²) in [5.41, 5.74) is 18.6. The molecule has 0 spiro atoms. The minimum atomic E-state index is -1.14. The SMILES string of the molecule is CNCCC(O)C(=O)NC1CC(N)C(OC2OC(CNCC3CC(N)C3)CCC2N)C(C)C1O. The lowest BCUT2D eigenvalue weighted by atomic mass is 9.78. The molecule has 11 N–H and O–H groups in total. The molecule has 11 nitrogen and oxygen atoms in total. The molecular formula is C23H46N6O5. The van der Waals surface area contributed by atoms with E-state index in [-0.39, 0.29) is 18.1 Å². The molecule has 9 unspecified atom stereocenters. The van der Waals surface area contributed by atoms with Gasteiger partial charge in [0.25, 0.3) is 0 Å². The molecule has 1 amide bonds. The number of nitrogens with two attached hydrogens (primary N) is 3. The van der Waals surface area contributed by atoms with E-state index >= 15 is 0 Å². The maximum absolute atomic E-state index is 12.3. The average molecular weight is 487 g/mol. The number of aliphatic hydroxyl groups is 2. The molecule has 0 bridgehead atoms. The zero-order valence-corrected chi connectivity index (χ0v) is 20.6. The summed E-state index contributed by atoms with van der Waals surface area (Å²) < 4.78 is 12.4. The molecule has 3 rings (SSSR count). The fourth-order valence-corrected chi connectivity index (χ4v) is 5.29. The lowest BCUT2D eigenvalue weighted by Gasteiger charge is -2.45. The molecule has 1 aliphatic heterocycles. The lowest BCUT2D eigenvalue weighted by Crippen LogP contribution is -2.63. The van der Waals surface area contributed by atoms with Gasteiger partial charge in [-0.05, 0) is 64.6 Å². The number of ether oxygens (including phenoxy) is 2. The Morgan fingerprint density at radius 3 is 2.56 bits per heavy atom. The number of hydrogen-bond acceptors (Lipinski definition) is 10. The van der Waals surface area contributed by atoms with Crippen LogP contribution in [0.4, 0.5) is 0 Å². The van der Waals surface area contributed by atoms with Crippen molar-refractivity contribution >= 4 is 5.91 Å². The maximum atomic E-state index is 12.3. The van der Waals surface area contributed by atoms with Crippen LogP contribution in [0, 0.1) is 11.8 Å². The van der Waals surface area contributed by atoms with Crippen LogP contribution in [0.5, 0.6) is 0 Å². The van der Waals surface area contributed by atoms with Gasteiger partial charge in [-0.15, -0.1) is 0 Å². The Kier molecular flexibility index (Phi) is 10.5. The van der Waals surface area contributed by atoms with E-state index in [9.17, 15) is 15.0 Å². The first-order valence-corrected chi connectivity index (χ1v) is 12.8. The molecule has 1 saturated heterocycles. The van der Waals surface area contributed by atoms with E-state index < -0.39 is 42.6 Å². The Morgan fingerprint density at radius 1 is 1.15 bits per heavy atom. The van der Waals surface area contributed by atoms with Crippen molar-refractivity contribution < 1.29 is 24.5 Å². The standard InChI is InChI=1S/C23H46N6O5/c1-12-20(31)18(29-22(32)19(30)5-6-27-2)9-17(26)21(12)34-23-16(25)4-3-15(33-23)11-28-10-13-7-14(24)8-13/h12-21,23,27-28,30-31H,3-11,24-26H2,1-2H3,(H,29,32). The number of hydrogen-bond donors (Lipinski definition) is 8. The minimum absolute atomic E-state index is 0.00438. The van der Waals surface area contributed by atoms with Crippen molar-refractivity contribution in [1.29, 1.82) is 0 Å². The number of rotatable bonds is 11. The maximum Gasteiger partial charge on any atom is 0.249 e. The second-order valence-corrected chi connectivity index (χ2v) is 10.5. The molecule has 9 atom stereocenters. The molecule has 1 heterocycles. The summed E-state index contributed by atoms with van der Waals surface area (Å²) in [5, 5.41) is 30.0. The van der Waals surface area contributed by atoms with E-state index in [2.05, 4.69) is 16.0 Å². The van der Waals surface area contributed by atoms with Crippen molar-refractivity contribution in [1.82, 2.24) is 16.0 Å². The molecule has 3 aliphatic rings. The molecule has 0 aromatic rings. The number of amides is 1. The summed E-state index contributed by atoms with van der Waals surface area (Å²) in [7, 11) is 1.75. The van der Waals surface area contributed by atoms with Gasteiger partial charge >= 0.3 is 0 Å². The van der Waals surface area contributed by atoms with Crippen molar-refractivity contribution in [2.45, 2.75) is 100 Å². The van der Waals surface area contributed by atoms with Crippen LogP contribution in [0.3, 0.4) is 0 Å². The van der Waals surface area contributed by atoms with Crippen LogP contribution in [-0.4, -0.2) is 97.7 Å². The van der Waals surface area contributed by atoms with Crippen LogP contribution >= 0.6 is 0 Å². The number of nitrogens with one attached hydrogen (secondary N) is 3. The van der Waals surface area contributed by atoms with Gasteiger partial charge in [-0.1, -0.05) is 6.92 Å². The molecule has 11 heteroatoms. The van der Waals surface area contributed by atoms with Gasteiger partial charge in [-0.3, -0.25) is 4.79 Å². The van der Waals surface area contributed by atoms with Crippen molar-refractivity contribution in [2.75, 3.05) is 26.7 Å². The van der Waals surface area contributed by atoms with Crippen molar-refractivity contribution in [2.24, 2.45) is 29.0 Å². The van der Waals surface area contributed by atoms with Crippen LogP contribution < -0.4 is 33.2 Å². The van der Waals surface area contributed by atoms with Crippen LogP contribution in [0.15, 0.2) is 0 Å².